The second kappa shape index (κ2) is 8.34. The lowest BCUT2D eigenvalue weighted by molar-refractivity contribution is 0.555. The van der Waals surface area contributed by atoms with Gasteiger partial charge in [0.25, 0.3) is 0 Å². The van der Waals surface area contributed by atoms with E-state index in [0.29, 0.717) is 23.6 Å². The fraction of sp³-hybridized carbons (Fsp3) is 0.571. The van der Waals surface area contributed by atoms with Crippen molar-refractivity contribution < 1.29 is 8.42 Å². The SMILES string of the molecule is CCCNCc1c(Cl)ccc(S(=O)(=O)NC(C)CC)c1Cl. The molecule has 0 aromatic heterocycles. The Balaban J connectivity index is 3.11. The highest BCUT2D eigenvalue weighted by Crippen LogP contribution is 2.31. The number of sulfonamides is 1. The van der Waals surface area contributed by atoms with Crippen molar-refractivity contribution in [1.82, 2.24) is 10.0 Å². The molecule has 1 aromatic carbocycles. The molecule has 0 bridgehead atoms. The van der Waals surface area contributed by atoms with E-state index in [1.165, 1.54) is 6.07 Å². The maximum absolute atomic E-state index is 12.4. The Morgan fingerprint density at radius 1 is 1.24 bits per heavy atom. The summed E-state index contributed by atoms with van der Waals surface area (Å²) in [7, 11) is -3.64. The molecule has 0 saturated heterocycles. The molecule has 1 rings (SSSR count). The molecule has 21 heavy (non-hydrogen) atoms. The third kappa shape index (κ3) is 5.11. The summed E-state index contributed by atoms with van der Waals surface area (Å²) in [6.45, 7) is 7.03. The van der Waals surface area contributed by atoms with Crippen molar-refractivity contribution in [2.75, 3.05) is 6.54 Å². The summed E-state index contributed by atoms with van der Waals surface area (Å²) in [6, 6.07) is 2.86. The summed E-state index contributed by atoms with van der Waals surface area (Å²) < 4.78 is 27.3. The van der Waals surface area contributed by atoms with Crippen LogP contribution in [0.15, 0.2) is 17.0 Å². The first-order valence-electron chi connectivity index (χ1n) is 7.03. The molecule has 1 unspecified atom stereocenters. The molecule has 0 heterocycles. The Bertz CT molecular complexity index is 577. The number of hydrogen-bond donors (Lipinski definition) is 2. The second-order valence-corrected chi connectivity index (χ2v) is 7.41. The standard InChI is InChI=1S/C14H22Cl2N2O2S/c1-4-8-17-9-11-12(15)6-7-13(14(11)16)21(19,20)18-10(3)5-2/h6-7,10,17-18H,4-5,8-9H2,1-3H3. The lowest BCUT2D eigenvalue weighted by Gasteiger charge is -2.16. The molecule has 1 atom stereocenters. The van der Waals surface area contributed by atoms with Crippen molar-refractivity contribution in [3.8, 4) is 0 Å². The Kier molecular flexibility index (Phi) is 7.44. The van der Waals surface area contributed by atoms with E-state index >= 15 is 0 Å². The first kappa shape index (κ1) is 18.7. The molecule has 0 aliphatic rings. The van der Waals surface area contributed by atoms with Crippen molar-refractivity contribution in [1.29, 1.82) is 0 Å². The quantitative estimate of drug-likeness (QED) is 0.703. The number of benzene rings is 1. The molecule has 0 amide bonds. The summed E-state index contributed by atoms with van der Waals surface area (Å²) in [5, 5.41) is 3.83. The lowest BCUT2D eigenvalue weighted by atomic mass is 10.2. The number of nitrogens with one attached hydrogen (secondary N) is 2. The zero-order valence-electron chi connectivity index (χ0n) is 12.5. The fourth-order valence-electron chi connectivity index (χ4n) is 1.75. The minimum atomic E-state index is -3.64. The van der Waals surface area contributed by atoms with E-state index in [1.807, 2.05) is 20.8 Å². The molecular formula is C14H22Cl2N2O2S. The van der Waals surface area contributed by atoms with Gasteiger partial charge in [-0.05, 0) is 38.4 Å². The Hall–Kier alpha value is -0.330. The van der Waals surface area contributed by atoms with Crippen LogP contribution in [0.5, 0.6) is 0 Å². The van der Waals surface area contributed by atoms with Gasteiger partial charge in [0.1, 0.15) is 4.90 Å². The molecule has 7 heteroatoms. The smallest absolute Gasteiger partial charge is 0.242 e. The fourth-order valence-corrected chi connectivity index (χ4v) is 3.99. The summed E-state index contributed by atoms with van der Waals surface area (Å²) in [4.78, 5) is 0.0714. The molecular weight excluding hydrogens is 331 g/mol. The third-order valence-corrected chi connectivity index (χ3v) is 5.67. The van der Waals surface area contributed by atoms with Crippen LogP contribution in [0.25, 0.3) is 0 Å². The number of rotatable bonds is 8. The Labute approximate surface area is 137 Å². The van der Waals surface area contributed by atoms with E-state index < -0.39 is 10.0 Å². The van der Waals surface area contributed by atoms with Crippen LogP contribution in [-0.4, -0.2) is 21.0 Å². The average Bonchev–Trinajstić information content (AvgIpc) is 2.41. The first-order valence-corrected chi connectivity index (χ1v) is 9.27. The predicted octanol–water partition coefficient (Wildman–Crippen LogP) is 3.57. The minimum absolute atomic E-state index is 0.0714. The van der Waals surface area contributed by atoms with Crippen molar-refractivity contribution in [2.45, 2.75) is 51.1 Å². The zero-order valence-corrected chi connectivity index (χ0v) is 14.9. The Morgan fingerprint density at radius 3 is 2.48 bits per heavy atom. The van der Waals surface area contributed by atoms with Crippen LogP contribution in [-0.2, 0) is 16.6 Å². The highest BCUT2D eigenvalue weighted by atomic mass is 35.5. The molecule has 0 spiro atoms. The van der Waals surface area contributed by atoms with Crippen LogP contribution in [0, 0.1) is 0 Å². The van der Waals surface area contributed by atoms with Crippen LogP contribution in [0.4, 0.5) is 0 Å². The van der Waals surface area contributed by atoms with E-state index in [-0.39, 0.29) is 16.0 Å². The lowest BCUT2D eigenvalue weighted by Crippen LogP contribution is -2.32. The predicted molar refractivity (Wildman–Crippen MR) is 88.5 cm³/mol. The van der Waals surface area contributed by atoms with Gasteiger partial charge in [0.15, 0.2) is 0 Å². The van der Waals surface area contributed by atoms with E-state index in [4.69, 9.17) is 23.2 Å². The van der Waals surface area contributed by atoms with Crippen molar-refractivity contribution in [3.05, 3.63) is 27.7 Å². The maximum atomic E-state index is 12.4. The summed E-state index contributed by atoms with van der Waals surface area (Å²) in [6.07, 6.45) is 1.68. The highest BCUT2D eigenvalue weighted by Gasteiger charge is 2.22. The highest BCUT2D eigenvalue weighted by molar-refractivity contribution is 7.89. The van der Waals surface area contributed by atoms with Gasteiger partial charge in [-0.2, -0.15) is 0 Å². The molecule has 0 aliphatic heterocycles. The maximum Gasteiger partial charge on any atom is 0.242 e. The van der Waals surface area contributed by atoms with Gasteiger partial charge in [0, 0.05) is 23.2 Å². The average molecular weight is 353 g/mol. The zero-order chi connectivity index (χ0) is 16.0. The summed E-state index contributed by atoms with van der Waals surface area (Å²) >= 11 is 12.4. The van der Waals surface area contributed by atoms with Crippen LogP contribution >= 0.6 is 23.2 Å². The topological polar surface area (TPSA) is 58.2 Å². The molecule has 1 aromatic rings. The van der Waals surface area contributed by atoms with Gasteiger partial charge in [-0.1, -0.05) is 37.0 Å². The van der Waals surface area contributed by atoms with E-state index in [2.05, 4.69) is 10.0 Å². The van der Waals surface area contributed by atoms with Gasteiger partial charge in [-0.15, -0.1) is 0 Å². The van der Waals surface area contributed by atoms with E-state index in [9.17, 15) is 8.42 Å². The van der Waals surface area contributed by atoms with Gasteiger partial charge in [-0.25, -0.2) is 13.1 Å². The van der Waals surface area contributed by atoms with Crippen LogP contribution in [0.3, 0.4) is 0 Å². The van der Waals surface area contributed by atoms with Gasteiger partial charge in [0.05, 0.1) is 5.02 Å². The minimum Gasteiger partial charge on any atom is -0.313 e. The number of hydrogen-bond acceptors (Lipinski definition) is 3. The van der Waals surface area contributed by atoms with E-state index in [1.54, 1.807) is 6.07 Å². The largest absolute Gasteiger partial charge is 0.313 e. The van der Waals surface area contributed by atoms with Crippen LogP contribution < -0.4 is 10.0 Å². The number of halogens is 2. The van der Waals surface area contributed by atoms with Crippen molar-refractivity contribution >= 4 is 33.2 Å². The molecule has 0 saturated carbocycles. The first-order chi connectivity index (χ1) is 9.83. The molecule has 0 aliphatic carbocycles. The van der Waals surface area contributed by atoms with Crippen LogP contribution in [0.1, 0.15) is 39.2 Å². The van der Waals surface area contributed by atoms with Gasteiger partial charge < -0.3 is 5.32 Å². The molecule has 120 valence electrons. The van der Waals surface area contributed by atoms with Crippen LogP contribution in [0.2, 0.25) is 10.0 Å². The summed E-state index contributed by atoms with van der Waals surface area (Å²) in [5.74, 6) is 0. The van der Waals surface area contributed by atoms with E-state index in [0.717, 1.165) is 13.0 Å². The van der Waals surface area contributed by atoms with Gasteiger partial charge in [0.2, 0.25) is 10.0 Å². The Morgan fingerprint density at radius 2 is 1.90 bits per heavy atom. The second-order valence-electron chi connectivity index (χ2n) is 4.95. The molecule has 0 radical (unpaired) electrons. The molecule has 0 fully saturated rings. The van der Waals surface area contributed by atoms with Crippen molar-refractivity contribution in [3.63, 3.8) is 0 Å². The third-order valence-electron chi connectivity index (χ3n) is 3.14. The normalized spacial score (nSPS) is 13.4. The van der Waals surface area contributed by atoms with Crippen molar-refractivity contribution in [2.24, 2.45) is 0 Å². The monoisotopic (exact) mass is 352 g/mol. The molecule has 4 nitrogen and oxygen atoms in total. The van der Waals surface area contributed by atoms with Gasteiger partial charge >= 0.3 is 0 Å². The molecule has 2 N–H and O–H groups in total. The summed E-state index contributed by atoms with van der Waals surface area (Å²) in [5.41, 5.74) is 0.610. The van der Waals surface area contributed by atoms with Gasteiger partial charge in [-0.3, -0.25) is 0 Å².